The summed E-state index contributed by atoms with van der Waals surface area (Å²) >= 11 is 10.8. The fourth-order valence-electron chi connectivity index (χ4n) is 2.74. The van der Waals surface area contributed by atoms with Gasteiger partial charge < -0.3 is 10.1 Å². The van der Waals surface area contributed by atoms with E-state index in [2.05, 4.69) is 26.2 Å². The van der Waals surface area contributed by atoms with Crippen LogP contribution >= 0.6 is 39.3 Å². The average Bonchev–Trinajstić information content (AvgIpc) is 2.69. The van der Waals surface area contributed by atoms with Gasteiger partial charge in [-0.15, -0.1) is 0 Å². The standard InChI is InChI=1S/C20H19BrClN3O3S/c1-3-25-18(26)11-17(19(27)23-13-6-4-12(21)5-7-13)29-20(25)24-14-8-9-16(28-2)15(22)10-14/h4-10,17H,3,11H2,1-2H3,(H,23,27). The molecule has 1 unspecified atom stereocenters. The molecular formula is C20H19BrClN3O3S. The van der Waals surface area contributed by atoms with E-state index < -0.39 is 5.25 Å². The summed E-state index contributed by atoms with van der Waals surface area (Å²) in [6, 6.07) is 12.4. The summed E-state index contributed by atoms with van der Waals surface area (Å²) in [5, 5.41) is 3.19. The predicted octanol–water partition coefficient (Wildman–Crippen LogP) is 5.09. The van der Waals surface area contributed by atoms with Gasteiger partial charge in [-0.1, -0.05) is 39.3 Å². The molecule has 2 amide bonds. The van der Waals surface area contributed by atoms with Crippen molar-refractivity contribution in [3.05, 3.63) is 52.0 Å². The van der Waals surface area contributed by atoms with Gasteiger partial charge in [-0.3, -0.25) is 14.5 Å². The molecule has 2 aromatic rings. The van der Waals surface area contributed by atoms with E-state index in [1.165, 1.54) is 18.9 Å². The molecule has 1 N–H and O–H groups in total. The van der Waals surface area contributed by atoms with Crippen molar-refractivity contribution in [1.29, 1.82) is 0 Å². The van der Waals surface area contributed by atoms with E-state index in [0.717, 1.165) is 4.47 Å². The van der Waals surface area contributed by atoms with Crippen molar-refractivity contribution in [3.8, 4) is 5.75 Å². The highest BCUT2D eigenvalue weighted by Crippen LogP contribution is 2.33. The minimum Gasteiger partial charge on any atom is -0.495 e. The van der Waals surface area contributed by atoms with E-state index in [1.807, 2.05) is 19.1 Å². The van der Waals surface area contributed by atoms with Crippen LogP contribution in [0.25, 0.3) is 0 Å². The van der Waals surface area contributed by atoms with Gasteiger partial charge in [0, 0.05) is 23.1 Å². The second-order valence-electron chi connectivity index (χ2n) is 6.16. The number of carbonyl (C=O) groups is 2. The van der Waals surface area contributed by atoms with Gasteiger partial charge in [-0.25, -0.2) is 4.99 Å². The average molecular weight is 497 g/mol. The van der Waals surface area contributed by atoms with E-state index in [9.17, 15) is 9.59 Å². The van der Waals surface area contributed by atoms with Crippen LogP contribution in [0.3, 0.4) is 0 Å². The molecule has 0 aromatic heterocycles. The largest absolute Gasteiger partial charge is 0.495 e. The smallest absolute Gasteiger partial charge is 0.238 e. The number of amidine groups is 1. The van der Waals surface area contributed by atoms with Gasteiger partial charge >= 0.3 is 0 Å². The van der Waals surface area contributed by atoms with E-state index in [0.29, 0.717) is 33.9 Å². The summed E-state index contributed by atoms with van der Waals surface area (Å²) in [5.41, 5.74) is 1.25. The molecule has 1 heterocycles. The van der Waals surface area contributed by atoms with Gasteiger partial charge in [0.1, 0.15) is 11.0 Å². The summed E-state index contributed by atoms with van der Waals surface area (Å²) in [7, 11) is 1.54. The van der Waals surface area contributed by atoms with Crippen LogP contribution < -0.4 is 10.1 Å². The number of thioether (sulfide) groups is 1. The summed E-state index contributed by atoms with van der Waals surface area (Å²) in [6.07, 6.45) is 0.114. The van der Waals surface area contributed by atoms with Crippen molar-refractivity contribution in [2.75, 3.05) is 19.0 Å². The summed E-state index contributed by atoms with van der Waals surface area (Å²) in [6.45, 7) is 2.34. The van der Waals surface area contributed by atoms with Gasteiger partial charge in [0.15, 0.2) is 5.17 Å². The number of ether oxygens (including phenoxy) is 1. The number of amides is 2. The Bertz CT molecular complexity index is 952. The van der Waals surface area contributed by atoms with Crippen molar-refractivity contribution in [3.63, 3.8) is 0 Å². The molecule has 29 heavy (non-hydrogen) atoms. The lowest BCUT2D eigenvalue weighted by atomic mass is 10.2. The highest BCUT2D eigenvalue weighted by Gasteiger charge is 2.35. The Morgan fingerprint density at radius 1 is 1.34 bits per heavy atom. The van der Waals surface area contributed by atoms with Crippen molar-refractivity contribution >= 4 is 67.6 Å². The van der Waals surface area contributed by atoms with Crippen LogP contribution in [0.5, 0.6) is 5.75 Å². The third-order valence-corrected chi connectivity index (χ3v) is 6.23. The molecule has 0 bridgehead atoms. The van der Waals surface area contributed by atoms with Crippen molar-refractivity contribution in [2.24, 2.45) is 4.99 Å². The number of hydrogen-bond acceptors (Lipinski definition) is 5. The van der Waals surface area contributed by atoms with Crippen molar-refractivity contribution < 1.29 is 14.3 Å². The number of rotatable bonds is 5. The third-order valence-electron chi connectivity index (χ3n) is 4.22. The normalized spacial score (nSPS) is 18.1. The predicted molar refractivity (Wildman–Crippen MR) is 121 cm³/mol. The first-order valence-electron chi connectivity index (χ1n) is 8.87. The fraction of sp³-hybridized carbons (Fsp3) is 0.250. The molecule has 0 radical (unpaired) electrons. The molecule has 9 heteroatoms. The van der Waals surface area contributed by atoms with E-state index in [1.54, 1.807) is 35.2 Å². The molecule has 152 valence electrons. The minimum absolute atomic E-state index is 0.114. The number of halogens is 2. The Labute approximate surface area is 186 Å². The maximum absolute atomic E-state index is 12.7. The molecule has 6 nitrogen and oxygen atoms in total. The first-order chi connectivity index (χ1) is 13.9. The van der Waals surface area contributed by atoms with Gasteiger partial charge in [-0.05, 0) is 49.4 Å². The quantitative estimate of drug-likeness (QED) is 0.626. The molecule has 1 atom stereocenters. The molecule has 1 fully saturated rings. The Morgan fingerprint density at radius 2 is 2.07 bits per heavy atom. The molecule has 1 aliphatic rings. The number of anilines is 1. The summed E-state index contributed by atoms with van der Waals surface area (Å²) in [4.78, 5) is 31.5. The Morgan fingerprint density at radius 3 is 2.69 bits per heavy atom. The number of benzene rings is 2. The van der Waals surface area contributed by atoms with Crippen LogP contribution in [0, 0.1) is 0 Å². The lowest BCUT2D eigenvalue weighted by molar-refractivity contribution is -0.129. The maximum atomic E-state index is 12.7. The van der Waals surface area contributed by atoms with E-state index in [4.69, 9.17) is 16.3 Å². The van der Waals surface area contributed by atoms with Crippen LogP contribution in [-0.4, -0.2) is 40.8 Å². The fourth-order valence-corrected chi connectivity index (χ4v) is 4.42. The zero-order chi connectivity index (χ0) is 21.0. The van der Waals surface area contributed by atoms with Gasteiger partial charge in [0.25, 0.3) is 0 Å². The van der Waals surface area contributed by atoms with Crippen molar-refractivity contribution in [2.45, 2.75) is 18.6 Å². The van der Waals surface area contributed by atoms with E-state index in [-0.39, 0.29) is 18.2 Å². The first-order valence-corrected chi connectivity index (χ1v) is 10.9. The second-order valence-corrected chi connectivity index (χ2v) is 8.65. The van der Waals surface area contributed by atoms with Crippen LogP contribution in [0.4, 0.5) is 11.4 Å². The van der Waals surface area contributed by atoms with Crippen molar-refractivity contribution in [1.82, 2.24) is 4.90 Å². The number of carbonyl (C=O) groups excluding carboxylic acids is 2. The number of nitrogens with one attached hydrogen (secondary N) is 1. The Balaban J connectivity index is 1.82. The van der Waals surface area contributed by atoms with E-state index >= 15 is 0 Å². The Hall–Kier alpha value is -2.03. The number of methoxy groups -OCH3 is 1. The molecule has 1 saturated heterocycles. The molecule has 0 aliphatic carbocycles. The molecule has 3 rings (SSSR count). The van der Waals surface area contributed by atoms with Crippen LogP contribution in [0.2, 0.25) is 5.02 Å². The third kappa shape index (κ3) is 5.32. The minimum atomic E-state index is -0.568. The van der Waals surface area contributed by atoms with Crippen LogP contribution in [0.1, 0.15) is 13.3 Å². The van der Waals surface area contributed by atoms with Gasteiger partial charge in [0.2, 0.25) is 11.8 Å². The first kappa shape index (κ1) is 21.7. The summed E-state index contributed by atoms with van der Waals surface area (Å²) in [5.74, 6) is 0.171. The molecule has 0 spiro atoms. The van der Waals surface area contributed by atoms with Crippen LogP contribution in [0.15, 0.2) is 51.9 Å². The van der Waals surface area contributed by atoms with Gasteiger partial charge in [0.05, 0.1) is 17.8 Å². The summed E-state index contributed by atoms with van der Waals surface area (Å²) < 4.78 is 6.08. The highest BCUT2D eigenvalue weighted by molar-refractivity contribution is 9.10. The molecule has 2 aromatic carbocycles. The zero-order valence-corrected chi connectivity index (χ0v) is 19.0. The SMILES string of the molecule is CCN1C(=O)CC(C(=O)Nc2ccc(Br)cc2)SC1=Nc1ccc(OC)c(Cl)c1. The zero-order valence-electron chi connectivity index (χ0n) is 15.8. The topological polar surface area (TPSA) is 71.0 Å². The lowest BCUT2D eigenvalue weighted by Gasteiger charge is -2.30. The number of hydrogen-bond donors (Lipinski definition) is 1. The molecule has 0 saturated carbocycles. The molecular weight excluding hydrogens is 478 g/mol. The lowest BCUT2D eigenvalue weighted by Crippen LogP contribution is -2.45. The maximum Gasteiger partial charge on any atom is 0.238 e. The second kappa shape index (κ2) is 9.65. The van der Waals surface area contributed by atoms with Crippen LogP contribution in [-0.2, 0) is 9.59 Å². The molecule has 1 aliphatic heterocycles. The monoisotopic (exact) mass is 495 g/mol. The Kier molecular flexibility index (Phi) is 7.21. The number of aliphatic imine (C=N–C) groups is 1. The highest BCUT2D eigenvalue weighted by atomic mass is 79.9. The number of nitrogens with zero attached hydrogens (tertiary/aromatic N) is 2. The van der Waals surface area contributed by atoms with Gasteiger partial charge in [-0.2, -0.15) is 0 Å².